The number of amides is 4. The Labute approximate surface area is 230 Å². The molecular formula is C25H34N4O7S2. The fourth-order valence-corrected chi connectivity index (χ4v) is 5.43. The fraction of sp³-hybridized carbons (Fsp3) is 0.480. The van der Waals surface area contributed by atoms with Crippen molar-refractivity contribution in [2.75, 3.05) is 39.5 Å². The van der Waals surface area contributed by atoms with Gasteiger partial charge in [-0.2, -0.15) is 0 Å². The van der Waals surface area contributed by atoms with Gasteiger partial charge in [0.2, 0.25) is 5.91 Å². The molecule has 11 nitrogen and oxygen atoms in total. The van der Waals surface area contributed by atoms with E-state index in [1.807, 2.05) is 31.3 Å². The van der Waals surface area contributed by atoms with Crippen LogP contribution in [0.3, 0.4) is 0 Å². The van der Waals surface area contributed by atoms with Gasteiger partial charge in [-0.15, -0.1) is 0 Å². The normalized spacial score (nSPS) is 13.5. The zero-order valence-electron chi connectivity index (χ0n) is 21.5. The van der Waals surface area contributed by atoms with Gasteiger partial charge in [0.25, 0.3) is 11.8 Å². The first-order valence-corrected chi connectivity index (χ1v) is 14.5. The topological polar surface area (TPSA) is 145 Å². The highest BCUT2D eigenvalue weighted by molar-refractivity contribution is 8.76. The van der Waals surface area contributed by atoms with Gasteiger partial charge in [0.1, 0.15) is 12.6 Å². The molecule has 3 N–H and O–H groups in total. The molecule has 0 unspecified atom stereocenters. The predicted molar refractivity (Wildman–Crippen MR) is 145 cm³/mol. The average Bonchev–Trinajstić information content (AvgIpc) is 3.22. The number of hydrogen-bond acceptors (Lipinski definition) is 9. The fourth-order valence-electron chi connectivity index (χ4n) is 3.26. The number of ether oxygens (including phenoxy) is 1. The van der Waals surface area contributed by atoms with Gasteiger partial charge in [-0.3, -0.25) is 19.3 Å². The lowest BCUT2D eigenvalue weighted by atomic mass is 10.1. The number of aliphatic carboxylic acids is 1. The molecule has 1 aromatic rings. The van der Waals surface area contributed by atoms with Crippen LogP contribution >= 0.6 is 21.6 Å². The van der Waals surface area contributed by atoms with Crippen LogP contribution in [0.2, 0.25) is 0 Å². The van der Waals surface area contributed by atoms with Gasteiger partial charge in [0, 0.05) is 55.9 Å². The third-order valence-corrected chi connectivity index (χ3v) is 7.89. The van der Waals surface area contributed by atoms with Gasteiger partial charge in [-0.25, -0.2) is 9.59 Å². The molecule has 2 rings (SSSR count). The van der Waals surface area contributed by atoms with Crippen molar-refractivity contribution < 1.29 is 33.8 Å². The van der Waals surface area contributed by atoms with Crippen LogP contribution < -0.4 is 10.6 Å². The van der Waals surface area contributed by atoms with Crippen LogP contribution in [0.15, 0.2) is 41.3 Å². The number of hydrogen-bond donors (Lipinski definition) is 3. The van der Waals surface area contributed by atoms with E-state index in [0.717, 1.165) is 15.4 Å². The Bertz CT molecular complexity index is 986. The minimum Gasteiger partial charge on any atom is -0.480 e. The SMILES string of the molecule is CNCCN(C)C(=O)OCc1ccc(SSC[C@H](NC(=O)CCCCCN2C(=O)C=CC2=O)C(=O)O)cc1. The number of carboxylic acid groups (broad SMARTS) is 1. The largest absolute Gasteiger partial charge is 0.480 e. The lowest BCUT2D eigenvalue weighted by Gasteiger charge is -2.16. The lowest BCUT2D eigenvalue weighted by molar-refractivity contribution is -0.141. The van der Waals surface area contributed by atoms with Crippen molar-refractivity contribution >= 4 is 51.4 Å². The summed E-state index contributed by atoms with van der Waals surface area (Å²) in [6.07, 6.45) is 3.98. The standard InChI is InChI=1S/C25H34N4O7S2/c1-26-13-15-28(2)25(35)36-16-18-7-9-19(10-8-18)38-37-17-20(24(33)34)27-21(30)6-4-3-5-14-29-22(31)11-12-23(29)32/h7-12,20,26H,3-6,13-17H2,1-2H3,(H,27,30)(H,33,34)/t20-/m0/s1. The Hall–Kier alpha value is -3.03. The number of nitrogens with one attached hydrogen (secondary N) is 2. The molecule has 1 heterocycles. The van der Waals surface area contributed by atoms with E-state index in [-0.39, 0.29) is 36.5 Å². The lowest BCUT2D eigenvalue weighted by Crippen LogP contribution is -2.42. The van der Waals surface area contributed by atoms with Gasteiger partial charge < -0.3 is 25.4 Å². The van der Waals surface area contributed by atoms with Crippen LogP contribution in [0.1, 0.15) is 31.2 Å². The number of benzene rings is 1. The second kappa shape index (κ2) is 16.7. The second-order valence-corrected chi connectivity index (χ2v) is 10.9. The number of carbonyl (C=O) groups is 5. The van der Waals surface area contributed by atoms with Gasteiger partial charge >= 0.3 is 12.1 Å². The first-order chi connectivity index (χ1) is 18.2. The van der Waals surface area contributed by atoms with Crippen molar-refractivity contribution in [3.8, 4) is 0 Å². The molecule has 0 radical (unpaired) electrons. The first kappa shape index (κ1) is 31.2. The Morgan fingerprint density at radius 1 is 1.08 bits per heavy atom. The summed E-state index contributed by atoms with van der Waals surface area (Å²) in [6, 6.07) is 6.38. The maximum atomic E-state index is 12.2. The van der Waals surface area contributed by atoms with Crippen molar-refractivity contribution in [2.45, 2.75) is 43.2 Å². The molecule has 0 aliphatic carbocycles. The van der Waals surface area contributed by atoms with E-state index >= 15 is 0 Å². The number of unbranched alkanes of at least 4 members (excludes halogenated alkanes) is 2. The molecule has 38 heavy (non-hydrogen) atoms. The summed E-state index contributed by atoms with van der Waals surface area (Å²) >= 11 is 0. The molecule has 1 aliphatic heterocycles. The highest BCUT2D eigenvalue weighted by atomic mass is 33.1. The summed E-state index contributed by atoms with van der Waals surface area (Å²) in [4.78, 5) is 62.3. The molecule has 0 saturated carbocycles. The highest BCUT2D eigenvalue weighted by Crippen LogP contribution is 2.31. The van der Waals surface area contributed by atoms with Crippen LogP contribution in [-0.4, -0.2) is 90.2 Å². The molecule has 0 saturated heterocycles. The highest BCUT2D eigenvalue weighted by Gasteiger charge is 2.23. The number of rotatable bonds is 17. The molecule has 0 fully saturated rings. The Kier molecular flexibility index (Phi) is 13.7. The Balaban J connectivity index is 1.64. The van der Waals surface area contributed by atoms with Crippen molar-refractivity contribution in [1.29, 1.82) is 0 Å². The van der Waals surface area contributed by atoms with Crippen LogP contribution in [0.5, 0.6) is 0 Å². The van der Waals surface area contributed by atoms with Crippen LogP contribution in [0.25, 0.3) is 0 Å². The zero-order chi connectivity index (χ0) is 27.9. The Morgan fingerprint density at radius 3 is 2.39 bits per heavy atom. The molecule has 4 amide bonds. The quantitative estimate of drug-likeness (QED) is 0.146. The molecule has 13 heteroatoms. The van der Waals surface area contributed by atoms with E-state index in [0.29, 0.717) is 38.9 Å². The second-order valence-electron chi connectivity index (χ2n) is 8.52. The van der Waals surface area contributed by atoms with Crippen molar-refractivity contribution in [2.24, 2.45) is 0 Å². The number of likely N-dealkylation sites (N-methyl/N-ethyl adjacent to an activating group) is 2. The number of imide groups is 1. The third-order valence-electron chi connectivity index (χ3n) is 5.50. The van der Waals surface area contributed by atoms with Crippen LogP contribution in [-0.2, 0) is 30.5 Å². The van der Waals surface area contributed by atoms with Crippen molar-refractivity contribution in [1.82, 2.24) is 20.4 Å². The van der Waals surface area contributed by atoms with Crippen molar-refractivity contribution in [3.63, 3.8) is 0 Å². The van der Waals surface area contributed by atoms with E-state index in [1.54, 1.807) is 7.05 Å². The van der Waals surface area contributed by atoms with Crippen molar-refractivity contribution in [3.05, 3.63) is 42.0 Å². The molecule has 1 aromatic carbocycles. The van der Waals surface area contributed by atoms with Crippen LogP contribution in [0.4, 0.5) is 4.79 Å². The van der Waals surface area contributed by atoms with E-state index in [1.165, 1.54) is 38.6 Å². The number of nitrogens with zero attached hydrogens (tertiary/aromatic N) is 2. The molecule has 0 aromatic heterocycles. The smallest absolute Gasteiger partial charge is 0.409 e. The molecule has 0 spiro atoms. The molecule has 1 atom stereocenters. The summed E-state index contributed by atoms with van der Waals surface area (Å²) in [5.74, 6) is -1.94. The molecule has 0 bridgehead atoms. The molecular weight excluding hydrogens is 532 g/mol. The third kappa shape index (κ3) is 11.2. The minimum absolute atomic E-state index is 0.152. The first-order valence-electron chi connectivity index (χ1n) is 12.2. The van der Waals surface area contributed by atoms with E-state index in [4.69, 9.17) is 4.74 Å². The summed E-state index contributed by atoms with van der Waals surface area (Å²) in [6.45, 7) is 1.67. The van der Waals surface area contributed by atoms with Gasteiger partial charge in [-0.1, -0.05) is 40.1 Å². The molecule has 208 valence electrons. The zero-order valence-corrected chi connectivity index (χ0v) is 23.1. The van der Waals surface area contributed by atoms with Gasteiger partial charge in [0.15, 0.2) is 0 Å². The Morgan fingerprint density at radius 2 is 1.76 bits per heavy atom. The summed E-state index contributed by atoms with van der Waals surface area (Å²) < 4.78 is 5.29. The maximum Gasteiger partial charge on any atom is 0.409 e. The predicted octanol–water partition coefficient (Wildman–Crippen LogP) is 2.27. The summed E-state index contributed by atoms with van der Waals surface area (Å²) in [5.41, 5.74) is 0.834. The van der Waals surface area contributed by atoms with Gasteiger partial charge in [0.05, 0.1) is 0 Å². The van der Waals surface area contributed by atoms with E-state index in [2.05, 4.69) is 10.6 Å². The maximum absolute atomic E-state index is 12.2. The van der Waals surface area contributed by atoms with Crippen LogP contribution in [0, 0.1) is 0 Å². The summed E-state index contributed by atoms with van der Waals surface area (Å²) in [7, 11) is 6.19. The van der Waals surface area contributed by atoms with Gasteiger partial charge in [-0.05, 0) is 37.6 Å². The minimum atomic E-state index is -1.11. The van der Waals surface area contributed by atoms with E-state index in [9.17, 15) is 29.1 Å². The average molecular weight is 567 g/mol. The number of carbonyl (C=O) groups excluding carboxylic acids is 4. The summed E-state index contributed by atoms with van der Waals surface area (Å²) in [5, 5.41) is 15.0. The molecule has 1 aliphatic rings. The van der Waals surface area contributed by atoms with E-state index < -0.39 is 18.1 Å². The monoisotopic (exact) mass is 566 g/mol. The number of carboxylic acids is 1.